The molecule has 1 aromatic rings. The smallest absolute Gasteiger partial charge is 0.137 e. The molecule has 1 atom stereocenters. The van der Waals surface area contributed by atoms with E-state index in [9.17, 15) is 0 Å². The third-order valence-electron chi connectivity index (χ3n) is 3.55. The van der Waals surface area contributed by atoms with E-state index in [2.05, 4.69) is 39.9 Å². The molecule has 1 aromatic heterocycles. The Morgan fingerprint density at radius 3 is 2.67 bits per heavy atom. The van der Waals surface area contributed by atoms with Crippen LogP contribution in [-0.4, -0.2) is 35.0 Å². The van der Waals surface area contributed by atoms with Crippen molar-refractivity contribution in [1.82, 2.24) is 9.97 Å². The van der Waals surface area contributed by atoms with Gasteiger partial charge in [-0.25, -0.2) is 9.97 Å². The van der Waals surface area contributed by atoms with E-state index in [4.69, 9.17) is 14.7 Å². The highest BCUT2D eigenvalue weighted by Crippen LogP contribution is 2.30. The summed E-state index contributed by atoms with van der Waals surface area (Å²) in [4.78, 5) is 9.51. The van der Waals surface area contributed by atoms with Crippen molar-refractivity contribution in [2.24, 2.45) is 0 Å². The van der Waals surface area contributed by atoms with Gasteiger partial charge < -0.3 is 10.1 Å². The van der Waals surface area contributed by atoms with Crippen molar-refractivity contribution < 1.29 is 4.74 Å². The fourth-order valence-electron chi connectivity index (χ4n) is 2.26. The largest absolute Gasteiger partial charge is 0.377 e. The van der Waals surface area contributed by atoms with Gasteiger partial charge in [-0.2, -0.15) is 0 Å². The van der Waals surface area contributed by atoms with Crippen LogP contribution in [0.15, 0.2) is 5.03 Å². The lowest BCUT2D eigenvalue weighted by Gasteiger charge is -2.21. The molecular weight excluding hydrogens is 282 g/mol. The Balaban J connectivity index is 2.22. The molecule has 4 nitrogen and oxygen atoms in total. The van der Waals surface area contributed by atoms with E-state index in [1.165, 1.54) is 12.8 Å². The Morgan fingerprint density at radius 1 is 1.33 bits per heavy atom. The summed E-state index contributed by atoms with van der Waals surface area (Å²) in [5.74, 6) is 2.85. The summed E-state index contributed by atoms with van der Waals surface area (Å²) in [5, 5.41) is 4.45. The highest BCUT2D eigenvalue weighted by Gasteiger charge is 2.22. The number of hydrogen-bond donors (Lipinski definition) is 1. The average molecular weight is 309 g/mol. The third-order valence-corrected chi connectivity index (χ3v) is 4.76. The van der Waals surface area contributed by atoms with Crippen molar-refractivity contribution in [3.8, 4) is 0 Å². The summed E-state index contributed by atoms with van der Waals surface area (Å²) >= 11 is 1.80. The van der Waals surface area contributed by atoms with Gasteiger partial charge in [-0.15, -0.1) is 11.8 Å². The van der Waals surface area contributed by atoms with Crippen LogP contribution >= 0.6 is 11.8 Å². The molecule has 118 valence electrons. The standard InChI is InChI=1S/C16H27N3OS/c1-6-17-13-11(2)14(19-15(18-13)16(3,4)5)21-10-12-8-7-9-20-12/h12H,6-10H2,1-5H3,(H,17,18,19). The molecule has 1 aliphatic rings. The van der Waals surface area contributed by atoms with Crippen LogP contribution in [0.3, 0.4) is 0 Å². The molecule has 21 heavy (non-hydrogen) atoms. The molecule has 0 aliphatic carbocycles. The van der Waals surface area contributed by atoms with Gasteiger partial charge in [-0.05, 0) is 26.7 Å². The number of rotatable bonds is 5. The molecule has 0 saturated carbocycles. The molecule has 1 unspecified atom stereocenters. The van der Waals surface area contributed by atoms with Crippen LogP contribution in [-0.2, 0) is 10.2 Å². The molecule has 1 N–H and O–H groups in total. The molecule has 0 spiro atoms. The lowest BCUT2D eigenvalue weighted by molar-refractivity contribution is 0.129. The minimum Gasteiger partial charge on any atom is -0.377 e. The summed E-state index contributed by atoms with van der Waals surface area (Å²) in [6, 6.07) is 0. The van der Waals surface area contributed by atoms with Gasteiger partial charge in [0, 0.05) is 29.9 Å². The van der Waals surface area contributed by atoms with E-state index in [-0.39, 0.29) is 5.41 Å². The molecule has 0 amide bonds. The monoisotopic (exact) mass is 309 g/mol. The average Bonchev–Trinajstić information content (AvgIpc) is 2.91. The van der Waals surface area contributed by atoms with Crippen LogP contribution in [0.4, 0.5) is 5.82 Å². The van der Waals surface area contributed by atoms with Gasteiger partial charge in [-0.1, -0.05) is 20.8 Å². The summed E-state index contributed by atoms with van der Waals surface area (Å²) in [6.45, 7) is 12.4. The second-order valence-electron chi connectivity index (χ2n) is 6.55. The maximum atomic E-state index is 5.71. The van der Waals surface area contributed by atoms with Crippen molar-refractivity contribution in [3.63, 3.8) is 0 Å². The third kappa shape index (κ3) is 4.33. The predicted molar refractivity (Wildman–Crippen MR) is 89.3 cm³/mol. The molecule has 5 heteroatoms. The fourth-order valence-corrected chi connectivity index (χ4v) is 3.33. The quantitative estimate of drug-likeness (QED) is 0.662. The molecule has 0 aromatic carbocycles. The van der Waals surface area contributed by atoms with Crippen molar-refractivity contribution >= 4 is 17.6 Å². The maximum absolute atomic E-state index is 5.71. The van der Waals surface area contributed by atoms with Crippen LogP contribution < -0.4 is 5.32 Å². The summed E-state index contributed by atoms with van der Waals surface area (Å²) in [5.41, 5.74) is 1.10. The van der Waals surface area contributed by atoms with E-state index in [1.807, 2.05) is 0 Å². The normalized spacial score (nSPS) is 19.0. The van der Waals surface area contributed by atoms with Crippen molar-refractivity contribution in [2.45, 2.75) is 64.0 Å². The van der Waals surface area contributed by atoms with E-state index in [0.717, 1.165) is 41.1 Å². The predicted octanol–water partition coefficient (Wildman–Crippen LogP) is 3.79. The zero-order valence-electron chi connectivity index (χ0n) is 13.8. The number of anilines is 1. The number of nitrogens with zero attached hydrogens (tertiary/aromatic N) is 2. The number of ether oxygens (including phenoxy) is 1. The van der Waals surface area contributed by atoms with Gasteiger partial charge in [0.15, 0.2) is 0 Å². The highest BCUT2D eigenvalue weighted by molar-refractivity contribution is 7.99. The molecule has 2 heterocycles. The molecule has 2 rings (SSSR count). The lowest BCUT2D eigenvalue weighted by atomic mass is 9.95. The molecule has 1 fully saturated rings. The number of aromatic nitrogens is 2. The second-order valence-corrected chi connectivity index (χ2v) is 7.56. The van der Waals surface area contributed by atoms with Crippen LogP contribution in [0.5, 0.6) is 0 Å². The first-order valence-corrected chi connectivity index (χ1v) is 8.77. The Hall–Kier alpha value is -0.810. The van der Waals surface area contributed by atoms with Gasteiger partial charge in [0.25, 0.3) is 0 Å². The lowest BCUT2D eigenvalue weighted by Crippen LogP contribution is -2.19. The second kappa shape index (κ2) is 6.97. The Kier molecular flexibility index (Phi) is 5.49. The zero-order valence-corrected chi connectivity index (χ0v) is 14.6. The van der Waals surface area contributed by atoms with Crippen molar-refractivity contribution in [1.29, 1.82) is 0 Å². The van der Waals surface area contributed by atoms with Gasteiger partial charge in [0.05, 0.1) is 6.10 Å². The topological polar surface area (TPSA) is 47.0 Å². The van der Waals surface area contributed by atoms with Crippen molar-refractivity contribution in [3.05, 3.63) is 11.4 Å². The minimum absolute atomic E-state index is 0.0446. The molecule has 1 aliphatic heterocycles. The van der Waals surface area contributed by atoms with Crippen LogP contribution in [0.25, 0.3) is 0 Å². The Morgan fingerprint density at radius 2 is 2.10 bits per heavy atom. The molecule has 0 bridgehead atoms. The number of thioether (sulfide) groups is 1. The highest BCUT2D eigenvalue weighted by atomic mass is 32.2. The first kappa shape index (κ1) is 16.6. The molecule has 0 radical (unpaired) electrons. The van der Waals surface area contributed by atoms with Crippen LogP contribution in [0, 0.1) is 6.92 Å². The van der Waals surface area contributed by atoms with E-state index in [0.29, 0.717) is 6.10 Å². The first-order chi connectivity index (χ1) is 9.91. The van der Waals surface area contributed by atoms with Gasteiger partial charge >= 0.3 is 0 Å². The molecular formula is C16H27N3OS. The van der Waals surface area contributed by atoms with E-state index < -0.39 is 0 Å². The van der Waals surface area contributed by atoms with Gasteiger partial charge in [-0.3, -0.25) is 0 Å². The minimum atomic E-state index is -0.0446. The summed E-state index contributed by atoms with van der Waals surface area (Å²) in [7, 11) is 0. The summed E-state index contributed by atoms with van der Waals surface area (Å²) in [6.07, 6.45) is 2.73. The van der Waals surface area contributed by atoms with Crippen molar-refractivity contribution in [2.75, 3.05) is 24.2 Å². The van der Waals surface area contributed by atoms with Gasteiger partial charge in [0.1, 0.15) is 16.7 Å². The first-order valence-electron chi connectivity index (χ1n) is 7.79. The number of nitrogens with one attached hydrogen (secondary N) is 1. The summed E-state index contributed by atoms with van der Waals surface area (Å²) < 4.78 is 5.71. The Bertz CT molecular complexity index is 479. The van der Waals surface area contributed by atoms with E-state index >= 15 is 0 Å². The van der Waals surface area contributed by atoms with E-state index in [1.54, 1.807) is 11.8 Å². The molecule has 1 saturated heterocycles. The van der Waals surface area contributed by atoms with Gasteiger partial charge in [0.2, 0.25) is 0 Å². The van der Waals surface area contributed by atoms with Crippen LogP contribution in [0.2, 0.25) is 0 Å². The fraction of sp³-hybridized carbons (Fsp3) is 0.750. The SMILES string of the molecule is CCNc1nc(C(C)(C)C)nc(SCC2CCCO2)c1C. The van der Waals surface area contributed by atoms with Crippen LogP contribution in [0.1, 0.15) is 51.9 Å². The maximum Gasteiger partial charge on any atom is 0.137 e. The number of hydrogen-bond acceptors (Lipinski definition) is 5. The Labute approximate surface area is 132 Å². The zero-order chi connectivity index (χ0) is 15.5.